The third kappa shape index (κ3) is 4.96. The van der Waals surface area contributed by atoms with E-state index in [9.17, 15) is 17.6 Å². The van der Waals surface area contributed by atoms with Crippen LogP contribution in [0.3, 0.4) is 0 Å². The molecule has 0 aliphatic carbocycles. The summed E-state index contributed by atoms with van der Waals surface area (Å²) in [6.07, 6.45) is 3.23. The van der Waals surface area contributed by atoms with Gasteiger partial charge in [-0.2, -0.15) is 9.57 Å². The van der Waals surface area contributed by atoms with Gasteiger partial charge in [-0.3, -0.25) is 4.79 Å². The number of hydrogen-bond donors (Lipinski definition) is 1. The number of likely N-dealkylation sites (N-methyl/N-ethyl adjacent to an activating group) is 1. The molecule has 1 N–H and O–H groups in total. The molecule has 0 saturated carbocycles. The largest absolute Gasteiger partial charge is 0.351 e. The van der Waals surface area contributed by atoms with E-state index >= 15 is 0 Å². The smallest absolute Gasteiger partial charge is 0.243 e. The third-order valence-electron chi connectivity index (χ3n) is 4.64. The van der Waals surface area contributed by atoms with Crippen LogP contribution in [0.1, 0.15) is 17.0 Å². The van der Waals surface area contributed by atoms with Crippen molar-refractivity contribution in [3.05, 3.63) is 77.6 Å². The number of nitrogens with zero attached hydrogens (tertiary/aromatic N) is 4. The number of halogens is 1. The normalized spacial score (nSPS) is 11.3. The van der Waals surface area contributed by atoms with Crippen LogP contribution in [0.2, 0.25) is 0 Å². The monoisotopic (exact) mass is 441 g/mol. The number of carbonyl (C=O) groups excluding carboxylic acids is 1. The van der Waals surface area contributed by atoms with Gasteiger partial charge in [-0.05, 0) is 48.9 Å². The number of benzene rings is 2. The molecule has 10 heteroatoms. The Morgan fingerprint density at radius 3 is 2.55 bits per heavy atom. The number of sulfonamides is 1. The molecule has 0 spiro atoms. The van der Waals surface area contributed by atoms with Gasteiger partial charge in [0.05, 0.1) is 28.8 Å². The molecule has 1 aromatic heterocycles. The van der Waals surface area contributed by atoms with Gasteiger partial charge in [0.1, 0.15) is 11.6 Å². The van der Waals surface area contributed by atoms with Crippen LogP contribution in [0.25, 0.3) is 5.69 Å². The maximum Gasteiger partial charge on any atom is 0.243 e. The second kappa shape index (κ2) is 9.07. The van der Waals surface area contributed by atoms with Crippen LogP contribution in [0.15, 0.2) is 59.8 Å². The highest BCUT2D eigenvalue weighted by molar-refractivity contribution is 7.89. The molecule has 0 aliphatic heterocycles. The Labute approximate surface area is 179 Å². The van der Waals surface area contributed by atoms with Crippen molar-refractivity contribution in [3.8, 4) is 11.8 Å². The number of imidazole rings is 1. The quantitative estimate of drug-likeness (QED) is 0.604. The maximum atomic E-state index is 14.5. The van der Waals surface area contributed by atoms with Gasteiger partial charge >= 0.3 is 0 Å². The minimum absolute atomic E-state index is 0.0192. The van der Waals surface area contributed by atoms with Gasteiger partial charge < -0.3 is 9.88 Å². The van der Waals surface area contributed by atoms with Crippen molar-refractivity contribution >= 4 is 15.9 Å². The zero-order chi connectivity index (χ0) is 22.6. The van der Waals surface area contributed by atoms with Crippen LogP contribution in [-0.2, 0) is 21.4 Å². The van der Waals surface area contributed by atoms with Crippen molar-refractivity contribution in [2.75, 3.05) is 13.6 Å². The lowest BCUT2D eigenvalue weighted by Crippen LogP contribution is -2.38. The maximum absolute atomic E-state index is 14.5. The SMILES string of the molecule is Cc1nccn1-c1ccc(CNC(=O)CN(C)S(=O)(=O)c2ccc(C#N)cc2)cc1F. The van der Waals surface area contributed by atoms with Gasteiger partial charge in [-0.1, -0.05) is 6.07 Å². The van der Waals surface area contributed by atoms with Crippen molar-refractivity contribution in [1.29, 1.82) is 5.26 Å². The topological polar surface area (TPSA) is 108 Å². The Morgan fingerprint density at radius 1 is 1.26 bits per heavy atom. The average Bonchev–Trinajstić information content (AvgIpc) is 3.17. The van der Waals surface area contributed by atoms with E-state index in [2.05, 4.69) is 10.3 Å². The molecule has 8 nitrogen and oxygen atoms in total. The minimum Gasteiger partial charge on any atom is -0.351 e. The Morgan fingerprint density at radius 2 is 1.97 bits per heavy atom. The lowest BCUT2D eigenvalue weighted by Gasteiger charge is -2.17. The first-order valence-electron chi connectivity index (χ1n) is 9.24. The number of nitrogens with one attached hydrogen (secondary N) is 1. The second-order valence-electron chi connectivity index (χ2n) is 6.80. The minimum atomic E-state index is -3.89. The summed E-state index contributed by atoms with van der Waals surface area (Å²) in [5.41, 5.74) is 1.21. The molecule has 0 radical (unpaired) electrons. The summed E-state index contributed by atoms with van der Waals surface area (Å²) in [6, 6.07) is 11.9. The van der Waals surface area contributed by atoms with E-state index in [4.69, 9.17) is 5.26 Å². The van der Waals surface area contributed by atoms with E-state index in [0.29, 0.717) is 22.6 Å². The highest BCUT2D eigenvalue weighted by atomic mass is 32.2. The molecule has 2 aromatic carbocycles. The zero-order valence-electron chi connectivity index (χ0n) is 16.9. The van der Waals surface area contributed by atoms with E-state index in [1.807, 2.05) is 6.07 Å². The zero-order valence-corrected chi connectivity index (χ0v) is 17.7. The molecular weight excluding hydrogens is 421 g/mol. The van der Waals surface area contributed by atoms with Crippen molar-refractivity contribution in [2.24, 2.45) is 0 Å². The molecule has 160 valence electrons. The van der Waals surface area contributed by atoms with Crippen molar-refractivity contribution < 1.29 is 17.6 Å². The van der Waals surface area contributed by atoms with E-state index in [0.717, 1.165) is 4.31 Å². The first-order chi connectivity index (χ1) is 14.7. The van der Waals surface area contributed by atoms with E-state index in [1.54, 1.807) is 36.0 Å². The first-order valence-corrected chi connectivity index (χ1v) is 10.7. The summed E-state index contributed by atoms with van der Waals surface area (Å²) in [5, 5.41) is 11.4. The predicted molar refractivity (Wildman–Crippen MR) is 111 cm³/mol. The van der Waals surface area contributed by atoms with Gasteiger partial charge in [0, 0.05) is 26.0 Å². The Kier molecular flexibility index (Phi) is 6.48. The summed E-state index contributed by atoms with van der Waals surface area (Å²) in [4.78, 5) is 16.3. The van der Waals surface area contributed by atoms with Gasteiger partial charge in [0.15, 0.2) is 0 Å². The van der Waals surface area contributed by atoms with Gasteiger partial charge in [-0.15, -0.1) is 0 Å². The fraction of sp³-hybridized carbons (Fsp3) is 0.190. The predicted octanol–water partition coefficient (Wildman–Crippen LogP) is 2.13. The summed E-state index contributed by atoms with van der Waals surface area (Å²) in [7, 11) is -2.60. The number of aromatic nitrogens is 2. The van der Waals surface area contributed by atoms with Crippen LogP contribution in [0.4, 0.5) is 4.39 Å². The molecule has 0 bridgehead atoms. The average molecular weight is 441 g/mol. The van der Waals surface area contributed by atoms with Crippen molar-refractivity contribution in [2.45, 2.75) is 18.4 Å². The standard InChI is InChI=1S/C21H20FN5O3S/c1-15-24-9-10-27(15)20-8-5-17(11-19(20)22)13-25-21(28)14-26(2)31(29,30)18-6-3-16(12-23)4-7-18/h3-11H,13-14H2,1-2H3,(H,25,28). The van der Waals surface area contributed by atoms with E-state index in [1.165, 1.54) is 37.4 Å². The summed E-state index contributed by atoms with van der Waals surface area (Å²) in [5.74, 6) is -0.352. The lowest BCUT2D eigenvalue weighted by molar-refractivity contribution is -0.121. The van der Waals surface area contributed by atoms with E-state index in [-0.39, 0.29) is 11.4 Å². The second-order valence-corrected chi connectivity index (χ2v) is 8.85. The lowest BCUT2D eigenvalue weighted by atomic mass is 10.2. The number of rotatable bonds is 7. The summed E-state index contributed by atoms with van der Waals surface area (Å²) < 4.78 is 42.1. The molecular formula is C21H20FN5O3S. The van der Waals surface area contributed by atoms with Crippen LogP contribution in [-0.4, -0.2) is 41.8 Å². The van der Waals surface area contributed by atoms with Gasteiger partial charge in [0.25, 0.3) is 0 Å². The third-order valence-corrected chi connectivity index (χ3v) is 6.46. The molecule has 3 rings (SSSR count). The first kappa shape index (κ1) is 22.1. The van der Waals surface area contributed by atoms with Gasteiger partial charge in [0.2, 0.25) is 15.9 Å². The molecule has 0 unspecified atom stereocenters. The Bertz CT molecular complexity index is 1250. The van der Waals surface area contributed by atoms with Crippen molar-refractivity contribution in [3.63, 3.8) is 0 Å². The number of nitriles is 1. The molecule has 31 heavy (non-hydrogen) atoms. The molecule has 1 amide bonds. The number of aryl methyl sites for hydroxylation is 1. The highest BCUT2D eigenvalue weighted by Gasteiger charge is 2.23. The molecule has 0 saturated heterocycles. The fourth-order valence-electron chi connectivity index (χ4n) is 2.91. The van der Waals surface area contributed by atoms with Crippen LogP contribution in [0, 0.1) is 24.1 Å². The molecule has 0 aliphatic rings. The van der Waals surface area contributed by atoms with Crippen LogP contribution in [0.5, 0.6) is 0 Å². The molecule has 3 aromatic rings. The Hall–Kier alpha value is -3.55. The molecule has 0 atom stereocenters. The van der Waals surface area contributed by atoms with E-state index < -0.39 is 28.3 Å². The Balaban J connectivity index is 1.61. The highest BCUT2D eigenvalue weighted by Crippen LogP contribution is 2.17. The number of amides is 1. The molecule has 1 heterocycles. The number of hydrogen-bond acceptors (Lipinski definition) is 5. The number of carbonyl (C=O) groups is 1. The van der Waals surface area contributed by atoms with Crippen LogP contribution >= 0.6 is 0 Å². The molecule has 0 fully saturated rings. The van der Waals surface area contributed by atoms with Crippen LogP contribution < -0.4 is 5.32 Å². The summed E-state index contributed by atoms with van der Waals surface area (Å²) in [6.45, 7) is 1.40. The van der Waals surface area contributed by atoms with Crippen molar-refractivity contribution in [1.82, 2.24) is 19.2 Å². The fourth-order valence-corrected chi connectivity index (χ4v) is 4.04. The van der Waals surface area contributed by atoms with Gasteiger partial charge in [-0.25, -0.2) is 17.8 Å². The summed E-state index contributed by atoms with van der Waals surface area (Å²) >= 11 is 0.